The molecule has 1 rings (SSSR count). The van der Waals surface area contributed by atoms with Crippen molar-refractivity contribution in [2.24, 2.45) is 0 Å². The third-order valence-corrected chi connectivity index (χ3v) is 2.02. The van der Waals surface area contributed by atoms with Crippen molar-refractivity contribution in [1.82, 2.24) is 4.90 Å². The smallest absolute Gasteiger partial charge is 0.253 e. The summed E-state index contributed by atoms with van der Waals surface area (Å²) in [6.45, 7) is 6.44. The molecule has 0 bridgehead atoms. The fraction of sp³-hybridized carbons (Fsp3) is 0.273. The predicted molar refractivity (Wildman–Crippen MR) is 53.5 cm³/mol. The molecule has 2 nitrogen and oxygen atoms in total. The van der Waals surface area contributed by atoms with Gasteiger partial charge in [-0.05, 0) is 31.5 Å². The molecule has 0 aliphatic rings. The second-order valence-corrected chi connectivity index (χ2v) is 3.02. The van der Waals surface area contributed by atoms with Crippen molar-refractivity contribution in [3.05, 3.63) is 42.3 Å². The first kappa shape index (κ1) is 9.78. The van der Waals surface area contributed by atoms with Gasteiger partial charge in [-0.2, -0.15) is 0 Å². The summed E-state index contributed by atoms with van der Waals surface area (Å²) in [6, 6.07) is 7.29. The monoisotopic (exact) mass is 176 g/mol. The van der Waals surface area contributed by atoms with Gasteiger partial charge in [-0.15, -0.1) is 0 Å². The summed E-state index contributed by atoms with van der Waals surface area (Å²) in [5, 5.41) is 0. The molecule has 1 aromatic rings. The molecule has 0 saturated heterocycles. The summed E-state index contributed by atoms with van der Waals surface area (Å²) < 4.78 is 0. The van der Waals surface area contributed by atoms with Gasteiger partial charge in [0.1, 0.15) is 0 Å². The summed E-state index contributed by atoms with van der Waals surface area (Å²) in [4.78, 5) is 13.3. The van der Waals surface area contributed by atoms with Crippen LogP contribution >= 0.6 is 0 Å². The maximum absolute atomic E-state index is 11.6. The first-order chi connectivity index (χ1) is 6.15. The lowest BCUT2D eigenvalue weighted by atomic mass is 10.1. The van der Waals surface area contributed by atoms with Gasteiger partial charge in [-0.1, -0.05) is 12.1 Å². The average Bonchev–Trinajstić information content (AvgIpc) is 2.17. The lowest BCUT2D eigenvalue weighted by Gasteiger charge is -2.14. The molecule has 0 fully saturated rings. The van der Waals surface area contributed by atoms with Crippen molar-refractivity contribution in [3.8, 4) is 0 Å². The van der Waals surface area contributed by atoms with Crippen LogP contribution in [0.2, 0.25) is 0 Å². The molecule has 13 heavy (non-hydrogen) atoms. The van der Waals surface area contributed by atoms with Crippen LogP contribution in [0.1, 0.15) is 22.8 Å². The van der Waals surface area contributed by atoms with Gasteiger partial charge in [0.15, 0.2) is 0 Å². The Balaban J connectivity index is 2.83. The Morgan fingerprint density at radius 1 is 1.38 bits per heavy atom. The van der Waals surface area contributed by atoms with Gasteiger partial charge in [0, 0.05) is 19.2 Å². The number of rotatable bonds is 2. The molecule has 0 N–H and O–H groups in total. The van der Waals surface area contributed by atoms with E-state index in [2.05, 4.69) is 6.92 Å². The van der Waals surface area contributed by atoms with Crippen molar-refractivity contribution in [2.45, 2.75) is 6.92 Å². The standard InChI is InChI=1S/C11H14NO/c1-4-12(3)11(13)10-7-5-9(2)6-8-10/h5-8H,2,4H2,1,3H3. The molecule has 0 spiro atoms. The number of hydrogen-bond acceptors (Lipinski definition) is 1. The zero-order valence-electron chi connectivity index (χ0n) is 8.08. The Hall–Kier alpha value is -1.31. The minimum atomic E-state index is 0.0579. The van der Waals surface area contributed by atoms with Gasteiger partial charge in [-0.25, -0.2) is 0 Å². The molecule has 0 aromatic heterocycles. The summed E-state index contributed by atoms with van der Waals surface area (Å²) >= 11 is 0. The van der Waals surface area contributed by atoms with Crippen LogP contribution in [0.15, 0.2) is 24.3 Å². The molecule has 1 amide bonds. The molecule has 69 valence electrons. The second kappa shape index (κ2) is 4.08. The second-order valence-electron chi connectivity index (χ2n) is 3.02. The van der Waals surface area contributed by atoms with E-state index in [9.17, 15) is 4.79 Å². The lowest BCUT2D eigenvalue weighted by Crippen LogP contribution is -2.26. The van der Waals surface area contributed by atoms with Crippen molar-refractivity contribution in [2.75, 3.05) is 13.6 Å². The van der Waals surface area contributed by atoms with Gasteiger partial charge < -0.3 is 4.90 Å². The van der Waals surface area contributed by atoms with Crippen LogP contribution in [0.3, 0.4) is 0 Å². The molecule has 0 atom stereocenters. The molecular weight excluding hydrogens is 162 g/mol. The molecule has 0 aliphatic carbocycles. The van der Waals surface area contributed by atoms with Crippen molar-refractivity contribution in [3.63, 3.8) is 0 Å². The van der Waals surface area contributed by atoms with Gasteiger partial charge in [0.25, 0.3) is 5.91 Å². The van der Waals surface area contributed by atoms with E-state index >= 15 is 0 Å². The van der Waals surface area contributed by atoms with E-state index in [0.717, 1.165) is 17.7 Å². The number of hydrogen-bond donors (Lipinski definition) is 0. The normalized spacial score (nSPS) is 9.77. The number of amides is 1. The number of carbonyl (C=O) groups excluding carboxylic acids is 1. The van der Waals surface area contributed by atoms with Gasteiger partial charge in [-0.3, -0.25) is 4.79 Å². The summed E-state index contributed by atoms with van der Waals surface area (Å²) in [5.41, 5.74) is 1.65. The highest BCUT2D eigenvalue weighted by Gasteiger charge is 2.08. The summed E-state index contributed by atoms with van der Waals surface area (Å²) in [5.74, 6) is 0.0579. The lowest BCUT2D eigenvalue weighted by molar-refractivity contribution is 0.0802. The van der Waals surface area contributed by atoms with Crippen LogP contribution < -0.4 is 0 Å². The Labute approximate surface area is 79.2 Å². The molecule has 0 saturated carbocycles. The Kier molecular flexibility index (Phi) is 3.07. The van der Waals surface area contributed by atoms with E-state index in [1.165, 1.54) is 0 Å². The van der Waals surface area contributed by atoms with Crippen molar-refractivity contribution < 1.29 is 4.79 Å². The third-order valence-electron chi connectivity index (χ3n) is 2.02. The van der Waals surface area contributed by atoms with E-state index in [4.69, 9.17) is 0 Å². The fourth-order valence-corrected chi connectivity index (χ4v) is 1.01. The van der Waals surface area contributed by atoms with Gasteiger partial charge in [0.05, 0.1) is 0 Å². The highest BCUT2D eigenvalue weighted by atomic mass is 16.2. The average molecular weight is 176 g/mol. The van der Waals surface area contributed by atoms with Gasteiger partial charge >= 0.3 is 0 Å². The van der Waals surface area contributed by atoms with Crippen LogP contribution in [0, 0.1) is 6.92 Å². The highest BCUT2D eigenvalue weighted by molar-refractivity contribution is 5.94. The first-order valence-electron chi connectivity index (χ1n) is 4.32. The quantitative estimate of drug-likeness (QED) is 0.674. The third kappa shape index (κ3) is 2.31. The number of carbonyl (C=O) groups is 1. The van der Waals surface area contributed by atoms with Crippen LogP contribution in [0.5, 0.6) is 0 Å². The van der Waals surface area contributed by atoms with E-state index in [0.29, 0.717) is 0 Å². The Morgan fingerprint density at radius 3 is 2.38 bits per heavy atom. The predicted octanol–water partition coefficient (Wildman–Crippen LogP) is 1.96. The fourth-order valence-electron chi connectivity index (χ4n) is 1.01. The summed E-state index contributed by atoms with van der Waals surface area (Å²) in [7, 11) is 1.79. The first-order valence-corrected chi connectivity index (χ1v) is 4.32. The van der Waals surface area contributed by atoms with E-state index < -0.39 is 0 Å². The van der Waals surface area contributed by atoms with E-state index in [-0.39, 0.29) is 5.91 Å². The summed E-state index contributed by atoms with van der Waals surface area (Å²) in [6.07, 6.45) is 0. The largest absolute Gasteiger partial charge is 0.342 e. The van der Waals surface area contributed by atoms with Crippen molar-refractivity contribution in [1.29, 1.82) is 0 Å². The zero-order valence-corrected chi connectivity index (χ0v) is 8.08. The molecule has 0 aliphatic heterocycles. The molecule has 1 aromatic carbocycles. The highest BCUT2D eigenvalue weighted by Crippen LogP contribution is 2.05. The topological polar surface area (TPSA) is 20.3 Å². The maximum atomic E-state index is 11.6. The number of benzene rings is 1. The molecule has 0 heterocycles. The van der Waals surface area contributed by atoms with Crippen LogP contribution in [-0.2, 0) is 0 Å². The number of nitrogens with zero attached hydrogens (tertiary/aromatic N) is 1. The van der Waals surface area contributed by atoms with Crippen molar-refractivity contribution >= 4 is 5.91 Å². The van der Waals surface area contributed by atoms with Crippen LogP contribution in [-0.4, -0.2) is 24.4 Å². The van der Waals surface area contributed by atoms with E-state index in [1.807, 2.05) is 19.1 Å². The molecular formula is C11H14NO. The molecule has 2 heteroatoms. The van der Waals surface area contributed by atoms with Crippen LogP contribution in [0.25, 0.3) is 0 Å². The Morgan fingerprint density at radius 2 is 1.92 bits per heavy atom. The Bertz CT molecular complexity index is 289. The van der Waals surface area contributed by atoms with Gasteiger partial charge in [0.2, 0.25) is 0 Å². The van der Waals surface area contributed by atoms with E-state index in [1.54, 1.807) is 24.1 Å². The minimum Gasteiger partial charge on any atom is -0.342 e. The minimum absolute atomic E-state index is 0.0579. The molecule has 0 unspecified atom stereocenters. The van der Waals surface area contributed by atoms with Crippen LogP contribution in [0.4, 0.5) is 0 Å². The zero-order chi connectivity index (χ0) is 9.84. The maximum Gasteiger partial charge on any atom is 0.253 e. The SMILES string of the molecule is [CH2]c1ccc(C(=O)N(C)CC)cc1. The molecule has 1 radical (unpaired) electrons.